The number of carboxylic acids is 1. The van der Waals surface area contributed by atoms with E-state index in [4.69, 9.17) is 4.74 Å². The normalized spacial score (nSPS) is 22.3. The number of benzene rings is 1. The lowest BCUT2D eigenvalue weighted by Gasteiger charge is -2.34. The largest absolute Gasteiger partial charge is 0.493 e. The van der Waals surface area contributed by atoms with Crippen LogP contribution >= 0.6 is 0 Å². The minimum absolute atomic E-state index is 0.0280. The van der Waals surface area contributed by atoms with Crippen molar-refractivity contribution in [3.05, 3.63) is 29.3 Å². The van der Waals surface area contributed by atoms with Crippen LogP contribution in [0.4, 0.5) is 4.79 Å². The number of ether oxygens (including phenoxy) is 1. The van der Waals surface area contributed by atoms with Gasteiger partial charge in [-0.05, 0) is 42.9 Å². The molecule has 0 spiro atoms. The molecule has 2 saturated heterocycles. The first-order valence-electron chi connectivity index (χ1n) is 16.3. The van der Waals surface area contributed by atoms with Crippen LogP contribution in [-0.2, 0) is 20.8 Å². The van der Waals surface area contributed by atoms with Gasteiger partial charge in [-0.3, -0.25) is 24.2 Å². The Bertz CT molecular complexity index is 1200. The predicted octanol–water partition coefficient (Wildman–Crippen LogP) is 2.88. The summed E-state index contributed by atoms with van der Waals surface area (Å²) < 4.78 is 6.57. The second kappa shape index (κ2) is 14.7. The van der Waals surface area contributed by atoms with E-state index in [2.05, 4.69) is 34.1 Å². The van der Waals surface area contributed by atoms with Crippen molar-refractivity contribution < 1.29 is 33.5 Å². The topological polar surface area (TPSA) is 111 Å². The Balaban J connectivity index is 1.54. The van der Waals surface area contributed by atoms with Crippen molar-refractivity contribution in [1.82, 2.24) is 19.6 Å². The molecular weight excluding hydrogens is 562 g/mol. The molecule has 1 N–H and O–H groups in total. The second-order valence-electron chi connectivity index (χ2n) is 13.6. The molecule has 0 saturated carbocycles. The molecule has 1 aromatic carbocycles. The lowest BCUT2D eigenvalue weighted by molar-refractivity contribution is -0.870. The zero-order chi connectivity index (χ0) is 32.0. The van der Waals surface area contributed by atoms with Crippen molar-refractivity contribution >= 4 is 23.8 Å². The van der Waals surface area contributed by atoms with Crippen LogP contribution in [0.2, 0.25) is 0 Å². The van der Waals surface area contributed by atoms with Crippen LogP contribution in [0.5, 0.6) is 5.75 Å². The summed E-state index contributed by atoms with van der Waals surface area (Å²) in [4.78, 5) is 58.4. The van der Waals surface area contributed by atoms with Gasteiger partial charge in [0.25, 0.3) is 0 Å². The molecule has 3 unspecified atom stereocenters. The smallest absolute Gasteiger partial charge is 0.326 e. The molecule has 4 amide bonds. The first kappa shape index (κ1) is 33.7. The standard InChI is InChI=1S/C33H51N5O6/c1-6-7-15-35(16-8-9-19-38(3,4)5)30(40)23-37-22-26(24-10-11-28-25(21-24)14-20-44-28)31(32(41)42)27(37)12-17-36-18-13-29(39)34(2)33(36)43/h10-11,21,26-27,31H,6-9,12-20,22-23H2,1-5H3/p+1. The zero-order valence-corrected chi connectivity index (χ0v) is 27.3. The minimum atomic E-state index is -0.896. The zero-order valence-electron chi connectivity index (χ0n) is 27.3. The van der Waals surface area contributed by atoms with Crippen LogP contribution < -0.4 is 4.74 Å². The minimum Gasteiger partial charge on any atom is -0.493 e. The number of amides is 4. The Kier molecular flexibility index (Phi) is 11.3. The Labute approximate surface area is 262 Å². The molecule has 44 heavy (non-hydrogen) atoms. The third kappa shape index (κ3) is 8.29. The number of unbranched alkanes of at least 4 members (excludes halogenated alkanes) is 2. The highest BCUT2D eigenvalue weighted by Gasteiger charge is 2.47. The SMILES string of the molecule is CCCCN(CCCC[N+](C)(C)C)C(=O)CN1CC(c2ccc3c(c2)CCO3)C(C(=O)O)C1CCN1CCC(=O)N(C)C1=O. The molecule has 3 heterocycles. The molecule has 11 heteroatoms. The maximum atomic E-state index is 13.9. The number of nitrogens with zero attached hydrogens (tertiary/aromatic N) is 5. The molecule has 0 bridgehead atoms. The van der Waals surface area contributed by atoms with Gasteiger partial charge in [-0.25, -0.2) is 4.79 Å². The number of fused-ring (bicyclic) bond motifs is 1. The molecular formula is C33H52N5O6+. The summed E-state index contributed by atoms with van der Waals surface area (Å²) in [5.74, 6) is -1.27. The lowest BCUT2D eigenvalue weighted by Crippen LogP contribution is -2.52. The van der Waals surface area contributed by atoms with Crippen LogP contribution in [0.1, 0.15) is 62.5 Å². The number of hydrogen-bond acceptors (Lipinski definition) is 6. The highest BCUT2D eigenvalue weighted by molar-refractivity contribution is 5.96. The van der Waals surface area contributed by atoms with Gasteiger partial charge in [0, 0.05) is 64.6 Å². The Hall–Kier alpha value is -3.18. The molecule has 2 fully saturated rings. The van der Waals surface area contributed by atoms with Crippen molar-refractivity contribution in [1.29, 1.82) is 0 Å². The summed E-state index contributed by atoms with van der Waals surface area (Å²) in [5.41, 5.74) is 2.04. The quantitative estimate of drug-likeness (QED) is 0.239. The lowest BCUT2D eigenvalue weighted by atomic mass is 9.83. The van der Waals surface area contributed by atoms with Gasteiger partial charge in [-0.15, -0.1) is 0 Å². The fraction of sp³-hybridized carbons (Fsp3) is 0.697. The van der Waals surface area contributed by atoms with Gasteiger partial charge in [0.1, 0.15) is 5.75 Å². The van der Waals surface area contributed by atoms with E-state index >= 15 is 0 Å². The maximum Gasteiger partial charge on any atom is 0.326 e. The summed E-state index contributed by atoms with van der Waals surface area (Å²) in [5, 5.41) is 10.6. The van der Waals surface area contributed by atoms with E-state index in [-0.39, 0.29) is 36.7 Å². The number of carbonyl (C=O) groups is 4. The van der Waals surface area contributed by atoms with Crippen LogP contribution in [0.15, 0.2) is 18.2 Å². The van der Waals surface area contributed by atoms with E-state index < -0.39 is 17.9 Å². The Morgan fingerprint density at radius 1 is 1.09 bits per heavy atom. The van der Waals surface area contributed by atoms with Crippen molar-refractivity contribution in [3.8, 4) is 5.75 Å². The number of imide groups is 1. The Morgan fingerprint density at radius 3 is 2.55 bits per heavy atom. The number of urea groups is 1. The number of likely N-dealkylation sites (tertiary alicyclic amines) is 1. The van der Waals surface area contributed by atoms with E-state index in [0.29, 0.717) is 45.8 Å². The first-order chi connectivity index (χ1) is 20.9. The summed E-state index contributed by atoms with van der Waals surface area (Å²) in [6, 6.07) is 5.17. The molecule has 1 aromatic rings. The summed E-state index contributed by atoms with van der Waals surface area (Å²) in [6.07, 6.45) is 5.31. The Morgan fingerprint density at radius 2 is 1.84 bits per heavy atom. The maximum absolute atomic E-state index is 13.9. The van der Waals surface area contributed by atoms with Gasteiger partial charge in [0.15, 0.2) is 0 Å². The average molecular weight is 615 g/mol. The predicted molar refractivity (Wildman–Crippen MR) is 167 cm³/mol. The highest BCUT2D eigenvalue weighted by Crippen LogP contribution is 2.41. The first-order valence-corrected chi connectivity index (χ1v) is 16.3. The molecule has 244 valence electrons. The van der Waals surface area contributed by atoms with Crippen molar-refractivity contribution in [2.24, 2.45) is 5.92 Å². The van der Waals surface area contributed by atoms with E-state index in [9.17, 15) is 24.3 Å². The number of quaternary nitrogens is 1. The number of hydrogen-bond donors (Lipinski definition) is 1. The molecule has 11 nitrogen and oxygen atoms in total. The van der Waals surface area contributed by atoms with Crippen LogP contribution in [-0.4, -0.2) is 140 Å². The molecule has 4 rings (SSSR count). The van der Waals surface area contributed by atoms with Crippen LogP contribution in [0.25, 0.3) is 0 Å². The van der Waals surface area contributed by atoms with Crippen LogP contribution in [0.3, 0.4) is 0 Å². The number of carbonyl (C=O) groups excluding carboxylic acids is 3. The monoisotopic (exact) mass is 614 g/mol. The second-order valence-corrected chi connectivity index (χ2v) is 13.6. The third-order valence-corrected chi connectivity index (χ3v) is 9.38. The molecule has 0 radical (unpaired) electrons. The van der Waals surface area contributed by atoms with E-state index in [0.717, 1.165) is 64.9 Å². The molecule has 3 atom stereocenters. The van der Waals surface area contributed by atoms with Crippen molar-refractivity contribution in [2.45, 2.75) is 63.8 Å². The molecule has 3 aliphatic rings. The number of aliphatic carboxylic acids is 1. The summed E-state index contributed by atoms with van der Waals surface area (Å²) in [6.45, 7) is 6.39. The molecule has 0 aliphatic carbocycles. The van der Waals surface area contributed by atoms with E-state index in [1.54, 1.807) is 4.90 Å². The molecule has 0 aromatic heterocycles. The summed E-state index contributed by atoms with van der Waals surface area (Å²) in [7, 11) is 7.99. The van der Waals surface area contributed by atoms with Gasteiger partial charge in [0.2, 0.25) is 11.8 Å². The fourth-order valence-corrected chi connectivity index (χ4v) is 6.81. The van der Waals surface area contributed by atoms with E-state index in [1.165, 1.54) is 7.05 Å². The van der Waals surface area contributed by atoms with Crippen molar-refractivity contribution in [2.75, 3.05) is 80.6 Å². The fourth-order valence-electron chi connectivity index (χ4n) is 6.81. The van der Waals surface area contributed by atoms with Crippen LogP contribution in [0, 0.1) is 5.92 Å². The average Bonchev–Trinajstić information content (AvgIpc) is 3.58. The third-order valence-electron chi connectivity index (χ3n) is 9.38. The number of rotatable bonds is 15. The highest BCUT2D eigenvalue weighted by atomic mass is 16.5. The van der Waals surface area contributed by atoms with Gasteiger partial charge in [0.05, 0.1) is 46.8 Å². The summed E-state index contributed by atoms with van der Waals surface area (Å²) >= 11 is 0. The van der Waals surface area contributed by atoms with E-state index in [1.807, 2.05) is 21.9 Å². The molecule has 3 aliphatic heterocycles. The van der Waals surface area contributed by atoms with Crippen molar-refractivity contribution in [3.63, 3.8) is 0 Å². The van der Waals surface area contributed by atoms with Gasteiger partial charge in [-0.1, -0.05) is 25.5 Å². The van der Waals surface area contributed by atoms with Gasteiger partial charge >= 0.3 is 12.0 Å². The van der Waals surface area contributed by atoms with Gasteiger partial charge < -0.3 is 24.1 Å². The number of carboxylic acid groups (broad SMARTS) is 1. The van der Waals surface area contributed by atoms with Gasteiger partial charge in [-0.2, -0.15) is 0 Å².